The molecular weight excluding hydrogens is 252 g/mol. The Balaban J connectivity index is 2.24. The number of hydrogen-bond donors (Lipinski definition) is 1. The fourth-order valence-electron chi connectivity index (χ4n) is 2.33. The van der Waals surface area contributed by atoms with E-state index in [-0.39, 0.29) is 11.1 Å². The third kappa shape index (κ3) is 2.43. The predicted molar refractivity (Wildman–Crippen MR) is 68.7 cm³/mol. The maximum Gasteiger partial charge on any atom is 0.262 e. The third-order valence-corrected chi connectivity index (χ3v) is 5.15. The van der Waals surface area contributed by atoms with Crippen molar-refractivity contribution in [3.05, 3.63) is 12.5 Å². The Hall–Kier alpha value is -0.920. The minimum atomic E-state index is -3.44. The van der Waals surface area contributed by atoms with Gasteiger partial charge in [-0.05, 0) is 26.8 Å². The third-order valence-electron chi connectivity index (χ3n) is 3.31. The number of aryl methyl sites for hydroxylation is 1. The Labute approximate surface area is 108 Å². The standard InChI is InChI=1S/C11H20N4O2S/c1-3-14-8-11(13-9-14)18(16,17)15-6-4-5-10(15)7-12-2/h8-10,12H,3-7H2,1-2H3. The molecule has 6 nitrogen and oxygen atoms in total. The first-order chi connectivity index (χ1) is 8.59. The lowest BCUT2D eigenvalue weighted by Crippen LogP contribution is -2.40. The van der Waals surface area contributed by atoms with Crippen LogP contribution in [0.2, 0.25) is 0 Å². The molecule has 1 unspecified atom stereocenters. The van der Waals surface area contributed by atoms with Gasteiger partial charge < -0.3 is 9.88 Å². The van der Waals surface area contributed by atoms with E-state index in [0.29, 0.717) is 13.1 Å². The first kappa shape index (κ1) is 13.5. The number of sulfonamides is 1. The van der Waals surface area contributed by atoms with Crippen molar-refractivity contribution in [2.75, 3.05) is 20.1 Å². The molecule has 0 radical (unpaired) electrons. The van der Waals surface area contributed by atoms with E-state index >= 15 is 0 Å². The Bertz CT molecular complexity index is 497. The minimum Gasteiger partial charge on any atom is -0.336 e. The van der Waals surface area contributed by atoms with Gasteiger partial charge in [0.2, 0.25) is 0 Å². The fourth-order valence-corrected chi connectivity index (χ4v) is 3.96. The number of likely N-dealkylation sites (N-methyl/N-ethyl adjacent to an activating group) is 1. The van der Waals surface area contributed by atoms with Crippen LogP contribution in [0.15, 0.2) is 17.6 Å². The van der Waals surface area contributed by atoms with Crippen LogP contribution in [-0.2, 0) is 16.6 Å². The number of rotatable bonds is 5. The van der Waals surface area contributed by atoms with Gasteiger partial charge in [-0.3, -0.25) is 0 Å². The van der Waals surface area contributed by atoms with Gasteiger partial charge >= 0.3 is 0 Å². The highest BCUT2D eigenvalue weighted by Crippen LogP contribution is 2.24. The largest absolute Gasteiger partial charge is 0.336 e. The van der Waals surface area contributed by atoms with Crippen LogP contribution < -0.4 is 5.32 Å². The molecule has 0 bridgehead atoms. The van der Waals surface area contributed by atoms with Crippen LogP contribution in [0.3, 0.4) is 0 Å². The summed E-state index contributed by atoms with van der Waals surface area (Å²) in [5.74, 6) is 0. The Morgan fingerprint density at radius 1 is 1.56 bits per heavy atom. The second-order valence-electron chi connectivity index (χ2n) is 4.51. The van der Waals surface area contributed by atoms with Gasteiger partial charge in [0.15, 0.2) is 5.03 Å². The van der Waals surface area contributed by atoms with E-state index in [1.54, 1.807) is 21.4 Å². The maximum atomic E-state index is 12.5. The minimum absolute atomic E-state index is 0.0479. The highest BCUT2D eigenvalue weighted by molar-refractivity contribution is 7.89. The molecule has 1 atom stereocenters. The highest BCUT2D eigenvalue weighted by Gasteiger charge is 2.35. The summed E-state index contributed by atoms with van der Waals surface area (Å²) < 4.78 is 28.3. The number of nitrogens with zero attached hydrogens (tertiary/aromatic N) is 3. The molecule has 2 heterocycles. The molecule has 0 saturated carbocycles. The molecule has 2 rings (SSSR count). The van der Waals surface area contributed by atoms with Crippen LogP contribution in [0.1, 0.15) is 19.8 Å². The van der Waals surface area contributed by atoms with Crippen LogP contribution in [0, 0.1) is 0 Å². The topological polar surface area (TPSA) is 67.2 Å². The molecule has 1 aliphatic heterocycles. The highest BCUT2D eigenvalue weighted by atomic mass is 32.2. The van der Waals surface area contributed by atoms with Crippen LogP contribution >= 0.6 is 0 Å². The molecule has 0 amide bonds. The molecule has 1 saturated heterocycles. The summed E-state index contributed by atoms with van der Waals surface area (Å²) in [6.45, 7) is 3.96. The Morgan fingerprint density at radius 2 is 2.33 bits per heavy atom. The second-order valence-corrected chi connectivity index (χ2v) is 6.35. The zero-order valence-corrected chi connectivity index (χ0v) is 11.7. The quantitative estimate of drug-likeness (QED) is 0.836. The molecule has 1 aromatic heterocycles. The number of nitrogens with one attached hydrogen (secondary N) is 1. The smallest absolute Gasteiger partial charge is 0.262 e. The summed E-state index contributed by atoms with van der Waals surface area (Å²) in [4.78, 5) is 4.01. The van der Waals surface area contributed by atoms with Gasteiger partial charge in [0, 0.05) is 31.9 Å². The van der Waals surface area contributed by atoms with Crippen LogP contribution in [0.4, 0.5) is 0 Å². The van der Waals surface area contributed by atoms with Crippen molar-refractivity contribution in [3.63, 3.8) is 0 Å². The van der Waals surface area contributed by atoms with E-state index in [0.717, 1.165) is 19.4 Å². The lowest BCUT2D eigenvalue weighted by Gasteiger charge is -2.22. The Kier molecular flexibility index (Phi) is 4.04. The van der Waals surface area contributed by atoms with Crippen molar-refractivity contribution in [1.29, 1.82) is 0 Å². The lowest BCUT2D eigenvalue weighted by atomic mass is 10.2. The van der Waals surface area contributed by atoms with E-state index < -0.39 is 10.0 Å². The van der Waals surface area contributed by atoms with Crippen LogP contribution in [0.25, 0.3) is 0 Å². The summed E-state index contributed by atoms with van der Waals surface area (Å²) in [6.07, 6.45) is 4.99. The first-order valence-corrected chi connectivity index (χ1v) is 7.71. The molecule has 7 heteroatoms. The average Bonchev–Trinajstić information content (AvgIpc) is 2.97. The number of hydrogen-bond acceptors (Lipinski definition) is 4. The second kappa shape index (κ2) is 5.38. The van der Waals surface area contributed by atoms with Crippen LogP contribution in [-0.4, -0.2) is 48.5 Å². The number of aromatic nitrogens is 2. The normalized spacial score (nSPS) is 21.6. The van der Waals surface area contributed by atoms with Crippen molar-refractivity contribution in [2.24, 2.45) is 0 Å². The van der Waals surface area contributed by atoms with Gasteiger partial charge in [-0.15, -0.1) is 0 Å². The summed E-state index contributed by atoms with van der Waals surface area (Å²) in [7, 11) is -1.60. The summed E-state index contributed by atoms with van der Waals surface area (Å²) in [5, 5.41) is 3.21. The molecule has 102 valence electrons. The maximum absolute atomic E-state index is 12.5. The van der Waals surface area contributed by atoms with Gasteiger partial charge in [-0.1, -0.05) is 0 Å². The molecule has 1 N–H and O–H groups in total. The van der Waals surface area contributed by atoms with E-state index in [4.69, 9.17) is 0 Å². The average molecular weight is 272 g/mol. The molecule has 0 spiro atoms. The van der Waals surface area contributed by atoms with Gasteiger partial charge in [0.1, 0.15) is 0 Å². The van der Waals surface area contributed by atoms with E-state index in [2.05, 4.69) is 10.3 Å². The Morgan fingerprint density at radius 3 is 2.94 bits per heavy atom. The van der Waals surface area contributed by atoms with E-state index in [9.17, 15) is 8.42 Å². The summed E-state index contributed by atoms with van der Waals surface area (Å²) in [5.41, 5.74) is 0. The monoisotopic (exact) mass is 272 g/mol. The predicted octanol–water partition coefficient (Wildman–Crippen LogP) is 0.275. The van der Waals surface area contributed by atoms with Crippen molar-refractivity contribution in [3.8, 4) is 0 Å². The van der Waals surface area contributed by atoms with E-state index in [1.165, 1.54) is 0 Å². The van der Waals surface area contributed by atoms with Crippen molar-refractivity contribution in [1.82, 2.24) is 19.2 Å². The van der Waals surface area contributed by atoms with E-state index in [1.807, 2.05) is 14.0 Å². The molecule has 1 aliphatic rings. The van der Waals surface area contributed by atoms with Crippen molar-refractivity contribution < 1.29 is 8.42 Å². The van der Waals surface area contributed by atoms with Crippen LogP contribution in [0.5, 0.6) is 0 Å². The molecule has 0 aromatic carbocycles. The van der Waals surface area contributed by atoms with Gasteiger partial charge in [-0.2, -0.15) is 4.31 Å². The molecule has 18 heavy (non-hydrogen) atoms. The molecule has 0 aliphatic carbocycles. The van der Waals surface area contributed by atoms with Gasteiger partial charge in [0.05, 0.1) is 6.33 Å². The van der Waals surface area contributed by atoms with Crippen molar-refractivity contribution >= 4 is 10.0 Å². The number of imidazole rings is 1. The zero-order valence-electron chi connectivity index (χ0n) is 10.8. The zero-order chi connectivity index (χ0) is 13.2. The first-order valence-electron chi connectivity index (χ1n) is 6.27. The lowest BCUT2D eigenvalue weighted by molar-refractivity contribution is 0.378. The molecule has 1 fully saturated rings. The van der Waals surface area contributed by atoms with Gasteiger partial charge in [-0.25, -0.2) is 13.4 Å². The van der Waals surface area contributed by atoms with Crippen molar-refractivity contribution in [2.45, 2.75) is 37.4 Å². The SMILES string of the molecule is CCn1cnc(S(=O)(=O)N2CCCC2CNC)c1. The summed E-state index contributed by atoms with van der Waals surface area (Å²) in [6, 6.07) is 0.0479. The van der Waals surface area contributed by atoms with Gasteiger partial charge in [0.25, 0.3) is 10.0 Å². The summed E-state index contributed by atoms with van der Waals surface area (Å²) >= 11 is 0. The molecular formula is C11H20N4O2S. The fraction of sp³-hybridized carbons (Fsp3) is 0.727. The molecule has 1 aromatic rings.